The number of nitrogen functional groups attached to an aromatic ring is 1. The molecule has 1 heterocycles. The third kappa shape index (κ3) is 2.49. The first kappa shape index (κ1) is 12.2. The summed E-state index contributed by atoms with van der Waals surface area (Å²) < 4.78 is 6.74. The third-order valence-electron chi connectivity index (χ3n) is 2.97. The van der Waals surface area contributed by atoms with Crippen LogP contribution in [0.3, 0.4) is 0 Å². The molecular formula is C15H13BrN2O. The highest BCUT2D eigenvalue weighted by molar-refractivity contribution is 9.10. The van der Waals surface area contributed by atoms with E-state index in [0.717, 1.165) is 32.4 Å². The normalized spacial score (nSPS) is 11.1. The number of hydrogen-bond acceptors (Lipinski definition) is 3. The first-order valence-corrected chi connectivity index (χ1v) is 6.81. The Morgan fingerprint density at radius 1 is 1.21 bits per heavy atom. The van der Waals surface area contributed by atoms with Crippen molar-refractivity contribution in [1.82, 2.24) is 4.98 Å². The zero-order valence-corrected chi connectivity index (χ0v) is 12.1. The van der Waals surface area contributed by atoms with Crippen LogP contribution in [0.5, 0.6) is 0 Å². The number of fused-ring (bicyclic) bond motifs is 1. The number of anilines is 1. The molecule has 19 heavy (non-hydrogen) atoms. The molecule has 0 bridgehead atoms. The number of oxazole rings is 1. The van der Waals surface area contributed by atoms with Crippen molar-refractivity contribution in [1.29, 1.82) is 0 Å². The molecule has 0 radical (unpaired) electrons. The van der Waals surface area contributed by atoms with Crippen LogP contribution < -0.4 is 5.73 Å². The first-order valence-electron chi connectivity index (χ1n) is 6.02. The quantitative estimate of drug-likeness (QED) is 0.725. The second-order valence-electron chi connectivity index (χ2n) is 4.62. The Balaban J connectivity index is 1.97. The lowest BCUT2D eigenvalue weighted by molar-refractivity contribution is 0.543. The number of aryl methyl sites for hydroxylation is 1. The highest BCUT2D eigenvalue weighted by Gasteiger charge is 2.10. The molecule has 3 aromatic rings. The molecule has 0 atom stereocenters. The van der Waals surface area contributed by atoms with Crippen molar-refractivity contribution in [3.8, 4) is 0 Å². The van der Waals surface area contributed by atoms with Crippen molar-refractivity contribution in [3.63, 3.8) is 0 Å². The van der Waals surface area contributed by atoms with E-state index in [9.17, 15) is 0 Å². The number of rotatable bonds is 2. The maximum Gasteiger partial charge on any atom is 0.199 e. The molecule has 4 heteroatoms. The summed E-state index contributed by atoms with van der Waals surface area (Å²) in [7, 11) is 0. The summed E-state index contributed by atoms with van der Waals surface area (Å²) in [6.45, 7) is 2.04. The van der Waals surface area contributed by atoms with E-state index in [2.05, 4.69) is 20.9 Å². The minimum atomic E-state index is 0.667. The molecule has 0 aliphatic heterocycles. The zero-order valence-electron chi connectivity index (χ0n) is 10.5. The van der Waals surface area contributed by atoms with E-state index in [1.807, 2.05) is 43.3 Å². The van der Waals surface area contributed by atoms with Crippen molar-refractivity contribution in [2.45, 2.75) is 13.3 Å². The van der Waals surface area contributed by atoms with Crippen LogP contribution >= 0.6 is 15.9 Å². The Hall–Kier alpha value is -1.81. The van der Waals surface area contributed by atoms with Gasteiger partial charge >= 0.3 is 0 Å². The van der Waals surface area contributed by atoms with Crippen molar-refractivity contribution in [2.75, 3.05) is 5.73 Å². The predicted molar refractivity (Wildman–Crippen MR) is 80.1 cm³/mol. The van der Waals surface area contributed by atoms with Gasteiger partial charge in [0.15, 0.2) is 11.5 Å². The summed E-state index contributed by atoms with van der Waals surface area (Å²) in [5.41, 5.74) is 10.4. The molecule has 3 nitrogen and oxygen atoms in total. The van der Waals surface area contributed by atoms with Crippen molar-refractivity contribution >= 4 is 32.7 Å². The molecule has 0 unspecified atom stereocenters. The SMILES string of the molecule is Cc1cc(Br)c2oc(Cc3ccc(N)cc3)nc2c1. The Bertz CT molecular complexity index is 732. The lowest BCUT2D eigenvalue weighted by atomic mass is 10.1. The lowest BCUT2D eigenvalue weighted by Crippen LogP contribution is -1.89. The van der Waals surface area contributed by atoms with Crippen molar-refractivity contribution in [2.24, 2.45) is 0 Å². The molecule has 2 N–H and O–H groups in total. The van der Waals surface area contributed by atoms with Gasteiger partial charge in [-0.3, -0.25) is 0 Å². The summed E-state index contributed by atoms with van der Waals surface area (Å²) in [4.78, 5) is 4.52. The van der Waals surface area contributed by atoms with Crippen molar-refractivity contribution < 1.29 is 4.42 Å². The Morgan fingerprint density at radius 3 is 2.68 bits per heavy atom. The molecule has 0 amide bonds. The highest BCUT2D eigenvalue weighted by Crippen LogP contribution is 2.27. The largest absolute Gasteiger partial charge is 0.439 e. The van der Waals surface area contributed by atoms with Gasteiger partial charge in [0.25, 0.3) is 0 Å². The monoisotopic (exact) mass is 316 g/mol. The maximum absolute atomic E-state index is 5.80. The Morgan fingerprint density at radius 2 is 1.95 bits per heavy atom. The maximum atomic E-state index is 5.80. The van der Waals surface area contributed by atoms with Gasteiger partial charge in [0.05, 0.1) is 4.47 Å². The predicted octanol–water partition coefficient (Wildman–Crippen LogP) is 4.07. The van der Waals surface area contributed by atoms with E-state index >= 15 is 0 Å². The second kappa shape index (κ2) is 4.70. The fourth-order valence-corrected chi connectivity index (χ4v) is 2.70. The summed E-state index contributed by atoms with van der Waals surface area (Å²) in [6.07, 6.45) is 0.667. The second-order valence-corrected chi connectivity index (χ2v) is 5.48. The summed E-state index contributed by atoms with van der Waals surface area (Å²) in [5.74, 6) is 0.714. The van der Waals surface area contributed by atoms with Gasteiger partial charge in [0, 0.05) is 12.1 Å². The van der Waals surface area contributed by atoms with Gasteiger partial charge < -0.3 is 10.2 Å². The van der Waals surface area contributed by atoms with Gasteiger partial charge in [-0.25, -0.2) is 4.98 Å². The van der Waals surface area contributed by atoms with E-state index in [1.165, 1.54) is 0 Å². The van der Waals surface area contributed by atoms with Crippen LogP contribution in [0.25, 0.3) is 11.1 Å². The van der Waals surface area contributed by atoms with Gasteiger partial charge in [-0.2, -0.15) is 0 Å². The molecule has 2 aromatic carbocycles. The number of aromatic nitrogens is 1. The van der Waals surface area contributed by atoms with Gasteiger partial charge in [0.2, 0.25) is 0 Å². The van der Waals surface area contributed by atoms with E-state index in [4.69, 9.17) is 10.2 Å². The van der Waals surface area contributed by atoms with E-state index < -0.39 is 0 Å². The average Bonchev–Trinajstić information content (AvgIpc) is 2.75. The number of benzene rings is 2. The number of nitrogens with two attached hydrogens (primary N) is 1. The highest BCUT2D eigenvalue weighted by atomic mass is 79.9. The third-order valence-corrected chi connectivity index (χ3v) is 3.56. The standard InChI is InChI=1S/C15H13BrN2O/c1-9-6-12(16)15-13(7-9)18-14(19-15)8-10-2-4-11(17)5-3-10/h2-7H,8,17H2,1H3. The summed E-state index contributed by atoms with van der Waals surface area (Å²) in [5, 5.41) is 0. The van der Waals surface area contributed by atoms with Crippen LogP contribution in [-0.2, 0) is 6.42 Å². The fourth-order valence-electron chi connectivity index (χ4n) is 2.06. The number of halogens is 1. The summed E-state index contributed by atoms with van der Waals surface area (Å²) in [6, 6.07) is 11.8. The van der Waals surface area contributed by atoms with Gasteiger partial charge in [-0.1, -0.05) is 12.1 Å². The molecule has 0 aliphatic carbocycles. The minimum Gasteiger partial charge on any atom is -0.439 e. The molecule has 1 aromatic heterocycles. The molecule has 0 spiro atoms. The Kier molecular flexibility index (Phi) is 3.03. The lowest BCUT2D eigenvalue weighted by Gasteiger charge is -1.97. The van der Waals surface area contributed by atoms with Crippen LogP contribution in [0.1, 0.15) is 17.0 Å². The van der Waals surface area contributed by atoms with Gasteiger partial charge in [0.1, 0.15) is 5.52 Å². The average molecular weight is 317 g/mol. The van der Waals surface area contributed by atoms with E-state index in [-0.39, 0.29) is 0 Å². The van der Waals surface area contributed by atoms with Gasteiger partial charge in [-0.05, 0) is 58.2 Å². The van der Waals surface area contributed by atoms with E-state index in [0.29, 0.717) is 12.3 Å². The van der Waals surface area contributed by atoms with Gasteiger partial charge in [-0.15, -0.1) is 0 Å². The van der Waals surface area contributed by atoms with Crippen LogP contribution in [0, 0.1) is 6.92 Å². The number of nitrogens with zero attached hydrogens (tertiary/aromatic N) is 1. The minimum absolute atomic E-state index is 0.667. The van der Waals surface area contributed by atoms with Crippen LogP contribution in [-0.4, -0.2) is 4.98 Å². The molecule has 0 aliphatic rings. The molecule has 0 saturated heterocycles. The smallest absolute Gasteiger partial charge is 0.199 e. The fraction of sp³-hybridized carbons (Fsp3) is 0.133. The van der Waals surface area contributed by atoms with Crippen LogP contribution in [0.4, 0.5) is 5.69 Å². The van der Waals surface area contributed by atoms with E-state index in [1.54, 1.807) is 0 Å². The van der Waals surface area contributed by atoms with Crippen LogP contribution in [0.15, 0.2) is 45.3 Å². The zero-order chi connectivity index (χ0) is 13.4. The molecule has 0 fully saturated rings. The molecule has 96 valence electrons. The topological polar surface area (TPSA) is 52.0 Å². The summed E-state index contributed by atoms with van der Waals surface area (Å²) >= 11 is 3.51. The first-order chi connectivity index (χ1) is 9.11. The molecule has 0 saturated carbocycles. The number of hydrogen-bond donors (Lipinski definition) is 1. The molecular weight excluding hydrogens is 304 g/mol. The molecule has 3 rings (SSSR count). The van der Waals surface area contributed by atoms with Crippen LogP contribution in [0.2, 0.25) is 0 Å². The van der Waals surface area contributed by atoms with Crippen molar-refractivity contribution in [3.05, 3.63) is 57.9 Å². The Labute approximate surface area is 119 Å².